The Morgan fingerprint density at radius 1 is 0.871 bits per heavy atom. The van der Waals surface area contributed by atoms with Crippen molar-refractivity contribution in [1.29, 1.82) is 0 Å². The third-order valence-corrected chi connectivity index (χ3v) is 5.97. The molecule has 3 aromatic rings. The van der Waals surface area contributed by atoms with Crippen molar-refractivity contribution in [2.24, 2.45) is 5.92 Å². The van der Waals surface area contributed by atoms with Crippen LogP contribution in [0.5, 0.6) is 5.75 Å². The molecule has 1 amide bonds. The third-order valence-electron chi connectivity index (χ3n) is 5.97. The predicted molar refractivity (Wildman–Crippen MR) is 126 cm³/mol. The van der Waals surface area contributed by atoms with Gasteiger partial charge in [0.25, 0.3) is 0 Å². The molecule has 0 aromatic heterocycles. The number of hydrogen-bond donors (Lipinski definition) is 0. The Hall–Kier alpha value is -3.33. The van der Waals surface area contributed by atoms with Crippen molar-refractivity contribution >= 4 is 11.6 Å². The molecule has 0 saturated carbocycles. The quantitative estimate of drug-likeness (QED) is 0.327. The summed E-state index contributed by atoms with van der Waals surface area (Å²) >= 11 is 0. The number of nitrogens with zero attached hydrogens (tertiary/aromatic N) is 1. The van der Waals surface area contributed by atoms with Gasteiger partial charge >= 0.3 is 0 Å². The first-order valence-electron chi connectivity index (χ1n) is 11.0. The molecule has 2 atom stereocenters. The minimum Gasteiger partial charge on any atom is -0.497 e. The summed E-state index contributed by atoms with van der Waals surface area (Å²) in [5.41, 5.74) is 3.54. The van der Waals surface area contributed by atoms with Gasteiger partial charge in [0.2, 0.25) is 5.91 Å². The second-order valence-electron chi connectivity index (χ2n) is 8.00. The summed E-state index contributed by atoms with van der Waals surface area (Å²) in [6.07, 6.45) is 8.21. The first kappa shape index (κ1) is 20.9. The fraction of sp³-hybridized carbons (Fsp3) is 0.250. The molecule has 1 fully saturated rings. The number of allylic oxidation sites excluding steroid dienone is 1. The van der Waals surface area contributed by atoms with Crippen molar-refractivity contribution in [3.8, 4) is 5.75 Å². The van der Waals surface area contributed by atoms with Crippen LogP contribution in [0.25, 0.3) is 0 Å². The van der Waals surface area contributed by atoms with Crippen LogP contribution < -0.4 is 9.64 Å². The zero-order valence-electron chi connectivity index (χ0n) is 18.0. The molecule has 0 bridgehead atoms. The fourth-order valence-electron chi connectivity index (χ4n) is 4.25. The normalized spacial score (nSPS) is 18.2. The van der Waals surface area contributed by atoms with Gasteiger partial charge in [0, 0.05) is 5.69 Å². The van der Waals surface area contributed by atoms with Crippen LogP contribution in [-0.2, 0) is 17.6 Å². The van der Waals surface area contributed by atoms with Crippen molar-refractivity contribution in [3.63, 3.8) is 0 Å². The average Bonchev–Trinajstić information content (AvgIpc) is 2.83. The summed E-state index contributed by atoms with van der Waals surface area (Å²) < 4.78 is 5.27. The number of rotatable bonds is 9. The van der Waals surface area contributed by atoms with Gasteiger partial charge < -0.3 is 9.64 Å². The Labute approximate surface area is 185 Å². The molecule has 0 aliphatic carbocycles. The van der Waals surface area contributed by atoms with Crippen LogP contribution in [0.4, 0.5) is 5.69 Å². The Bertz CT molecular complexity index is 996. The second-order valence-corrected chi connectivity index (χ2v) is 8.00. The number of carbonyl (C=O) groups is 1. The zero-order valence-corrected chi connectivity index (χ0v) is 18.0. The molecule has 3 aromatic carbocycles. The summed E-state index contributed by atoms with van der Waals surface area (Å²) in [5.74, 6) is 1.05. The number of anilines is 1. The van der Waals surface area contributed by atoms with Gasteiger partial charge in [0.1, 0.15) is 5.75 Å². The molecule has 1 saturated heterocycles. The van der Waals surface area contributed by atoms with Gasteiger partial charge in [-0.1, -0.05) is 72.8 Å². The van der Waals surface area contributed by atoms with E-state index < -0.39 is 0 Å². The third kappa shape index (κ3) is 5.05. The fourth-order valence-corrected chi connectivity index (χ4v) is 4.25. The van der Waals surface area contributed by atoms with E-state index in [-0.39, 0.29) is 17.9 Å². The lowest BCUT2D eigenvalue weighted by molar-refractivity contribution is -0.129. The SMILES string of the molecule is COc1ccc(N2C(=O)[C@H](CCCc3ccccc3)[C@H]2/C=C/Cc2ccccc2)cc1. The summed E-state index contributed by atoms with van der Waals surface area (Å²) in [7, 11) is 1.65. The van der Waals surface area contributed by atoms with Crippen LogP contribution >= 0.6 is 0 Å². The Morgan fingerprint density at radius 3 is 2.16 bits per heavy atom. The van der Waals surface area contributed by atoms with Gasteiger partial charge in [-0.05, 0) is 61.1 Å². The average molecular weight is 412 g/mol. The number of aryl methyl sites for hydroxylation is 1. The molecule has 3 nitrogen and oxygen atoms in total. The molecule has 31 heavy (non-hydrogen) atoms. The highest BCUT2D eigenvalue weighted by atomic mass is 16.5. The van der Waals surface area contributed by atoms with Gasteiger partial charge in [-0.15, -0.1) is 0 Å². The highest BCUT2D eigenvalue weighted by molar-refractivity contribution is 6.03. The van der Waals surface area contributed by atoms with Crippen molar-refractivity contribution < 1.29 is 9.53 Å². The molecule has 0 radical (unpaired) electrons. The molecule has 0 N–H and O–H groups in total. The topological polar surface area (TPSA) is 29.5 Å². The van der Waals surface area contributed by atoms with E-state index in [9.17, 15) is 4.79 Å². The number of amides is 1. The van der Waals surface area contributed by atoms with E-state index in [1.54, 1.807) is 7.11 Å². The van der Waals surface area contributed by atoms with E-state index >= 15 is 0 Å². The van der Waals surface area contributed by atoms with Gasteiger partial charge in [0.15, 0.2) is 0 Å². The first-order chi connectivity index (χ1) is 15.3. The Balaban J connectivity index is 1.45. The molecule has 0 spiro atoms. The monoisotopic (exact) mass is 411 g/mol. The number of ether oxygens (including phenoxy) is 1. The second kappa shape index (κ2) is 10.1. The maximum absolute atomic E-state index is 13.1. The Morgan fingerprint density at radius 2 is 1.52 bits per heavy atom. The lowest BCUT2D eigenvalue weighted by Gasteiger charge is -2.46. The molecule has 3 heteroatoms. The van der Waals surface area contributed by atoms with E-state index in [2.05, 4.69) is 60.7 Å². The zero-order chi connectivity index (χ0) is 21.5. The van der Waals surface area contributed by atoms with Crippen LogP contribution in [0, 0.1) is 5.92 Å². The van der Waals surface area contributed by atoms with E-state index in [0.717, 1.165) is 37.1 Å². The number of methoxy groups -OCH3 is 1. The molecule has 1 heterocycles. The predicted octanol–water partition coefficient (Wildman–Crippen LogP) is 5.85. The van der Waals surface area contributed by atoms with Gasteiger partial charge in [0.05, 0.1) is 19.1 Å². The number of carbonyl (C=O) groups excluding carboxylic acids is 1. The lowest BCUT2D eigenvalue weighted by Crippen LogP contribution is -2.60. The van der Waals surface area contributed by atoms with Gasteiger partial charge in [-0.2, -0.15) is 0 Å². The summed E-state index contributed by atoms with van der Waals surface area (Å²) in [6.45, 7) is 0. The van der Waals surface area contributed by atoms with Crippen LogP contribution in [0.15, 0.2) is 97.1 Å². The van der Waals surface area contributed by atoms with Crippen LogP contribution in [0.3, 0.4) is 0 Å². The van der Waals surface area contributed by atoms with Crippen LogP contribution in [0.1, 0.15) is 24.0 Å². The maximum Gasteiger partial charge on any atom is 0.233 e. The molecular weight excluding hydrogens is 382 g/mol. The van der Waals surface area contributed by atoms with E-state index in [1.807, 2.05) is 41.3 Å². The summed E-state index contributed by atoms with van der Waals surface area (Å²) in [4.78, 5) is 15.0. The lowest BCUT2D eigenvalue weighted by atomic mass is 9.82. The number of β-lactam (4-membered cyclic amide) rings is 1. The van der Waals surface area contributed by atoms with Gasteiger partial charge in [-0.3, -0.25) is 4.79 Å². The highest BCUT2D eigenvalue weighted by Crippen LogP contribution is 2.37. The highest BCUT2D eigenvalue weighted by Gasteiger charge is 2.45. The molecule has 4 rings (SSSR count). The molecule has 1 aliphatic rings. The molecular formula is C28H29NO2. The minimum absolute atomic E-state index is 0.0397. The van der Waals surface area contributed by atoms with E-state index in [4.69, 9.17) is 4.74 Å². The van der Waals surface area contributed by atoms with E-state index in [0.29, 0.717) is 0 Å². The largest absolute Gasteiger partial charge is 0.497 e. The van der Waals surface area contributed by atoms with Crippen molar-refractivity contribution in [2.75, 3.05) is 12.0 Å². The van der Waals surface area contributed by atoms with Crippen molar-refractivity contribution in [2.45, 2.75) is 31.7 Å². The van der Waals surface area contributed by atoms with Crippen molar-refractivity contribution in [3.05, 3.63) is 108 Å². The summed E-state index contributed by atoms with van der Waals surface area (Å²) in [5, 5.41) is 0. The van der Waals surface area contributed by atoms with E-state index in [1.165, 1.54) is 11.1 Å². The standard InChI is InChI=1S/C28H29NO2/c1-31-25-20-18-24(19-21-25)29-27(17-9-15-23-12-6-3-7-13-23)26(28(29)30)16-8-14-22-10-4-2-5-11-22/h2-7,9-13,17-21,26-27H,8,14-16H2,1H3/b17-9+/t26-,27-/m1/s1. The molecule has 0 unspecified atom stereocenters. The minimum atomic E-state index is 0.0397. The smallest absolute Gasteiger partial charge is 0.233 e. The maximum atomic E-state index is 13.1. The van der Waals surface area contributed by atoms with Gasteiger partial charge in [-0.25, -0.2) is 0 Å². The number of benzene rings is 3. The molecule has 1 aliphatic heterocycles. The number of hydrogen-bond acceptors (Lipinski definition) is 2. The van der Waals surface area contributed by atoms with Crippen LogP contribution in [0.2, 0.25) is 0 Å². The summed E-state index contributed by atoms with van der Waals surface area (Å²) in [6, 6.07) is 28.8. The molecule has 158 valence electrons. The van der Waals surface area contributed by atoms with Crippen molar-refractivity contribution in [1.82, 2.24) is 0 Å². The van der Waals surface area contributed by atoms with Crippen LogP contribution in [-0.4, -0.2) is 19.1 Å². The Kier molecular flexibility index (Phi) is 6.83. The first-order valence-corrected chi connectivity index (χ1v) is 11.0.